The van der Waals surface area contributed by atoms with Crippen molar-refractivity contribution in [2.45, 2.75) is 57.8 Å². The second-order valence-corrected chi connectivity index (χ2v) is 7.07. The van der Waals surface area contributed by atoms with Gasteiger partial charge in [0, 0.05) is 39.1 Å². The van der Waals surface area contributed by atoms with E-state index in [4.69, 9.17) is 20.4 Å². The summed E-state index contributed by atoms with van der Waals surface area (Å²) in [6, 6.07) is -0.251. The molecule has 0 radical (unpaired) electrons. The average molecular weight is 420 g/mol. The SMILES string of the molecule is O=C(CCCCCCCCCCNC(=O)N(CCO)CCO)N(CCO)CCO. The number of amides is 3. The number of carbonyl (C=O) groups excluding carboxylic acids is 2. The number of rotatable bonds is 19. The second kappa shape index (κ2) is 19.9. The summed E-state index contributed by atoms with van der Waals surface area (Å²) in [6.07, 6.45) is 8.67. The van der Waals surface area contributed by atoms with Crippen molar-refractivity contribution in [2.75, 3.05) is 59.2 Å². The van der Waals surface area contributed by atoms with E-state index in [0.717, 1.165) is 51.4 Å². The third-order valence-electron chi connectivity index (χ3n) is 4.71. The van der Waals surface area contributed by atoms with Crippen LogP contribution < -0.4 is 5.32 Å². The van der Waals surface area contributed by atoms with Crippen LogP contribution in [0.25, 0.3) is 0 Å². The number of hydrogen-bond donors (Lipinski definition) is 5. The van der Waals surface area contributed by atoms with E-state index in [1.165, 1.54) is 9.80 Å². The normalized spacial score (nSPS) is 10.8. The Hall–Kier alpha value is -1.42. The highest BCUT2D eigenvalue weighted by molar-refractivity contribution is 5.76. The van der Waals surface area contributed by atoms with Crippen molar-refractivity contribution in [2.24, 2.45) is 0 Å². The van der Waals surface area contributed by atoms with Gasteiger partial charge in [0.25, 0.3) is 0 Å². The maximum Gasteiger partial charge on any atom is 0.317 e. The van der Waals surface area contributed by atoms with E-state index in [0.29, 0.717) is 13.0 Å². The van der Waals surface area contributed by atoms with Crippen molar-refractivity contribution in [3.05, 3.63) is 0 Å². The largest absolute Gasteiger partial charge is 0.395 e. The summed E-state index contributed by atoms with van der Waals surface area (Å²) in [5.41, 5.74) is 0. The molecule has 0 saturated carbocycles. The first-order valence-electron chi connectivity index (χ1n) is 10.8. The minimum Gasteiger partial charge on any atom is -0.395 e. The van der Waals surface area contributed by atoms with Crippen LogP contribution >= 0.6 is 0 Å². The first-order chi connectivity index (χ1) is 14.1. The van der Waals surface area contributed by atoms with Crippen molar-refractivity contribution < 1.29 is 30.0 Å². The van der Waals surface area contributed by atoms with Gasteiger partial charge in [-0.25, -0.2) is 4.79 Å². The summed E-state index contributed by atoms with van der Waals surface area (Å²) in [4.78, 5) is 26.7. The van der Waals surface area contributed by atoms with Crippen molar-refractivity contribution in [3.63, 3.8) is 0 Å². The van der Waals surface area contributed by atoms with Gasteiger partial charge in [-0.05, 0) is 12.8 Å². The van der Waals surface area contributed by atoms with Gasteiger partial charge in [0.15, 0.2) is 0 Å². The Morgan fingerprint density at radius 3 is 1.48 bits per heavy atom. The number of nitrogens with one attached hydrogen (secondary N) is 1. The molecule has 0 spiro atoms. The predicted molar refractivity (Wildman–Crippen MR) is 111 cm³/mol. The van der Waals surface area contributed by atoms with Crippen LogP contribution in [0.5, 0.6) is 0 Å². The van der Waals surface area contributed by atoms with Crippen LogP contribution in [-0.4, -0.2) is 101 Å². The van der Waals surface area contributed by atoms with Gasteiger partial charge in [0.1, 0.15) is 0 Å². The van der Waals surface area contributed by atoms with Crippen LogP contribution in [0, 0.1) is 0 Å². The molecule has 3 amide bonds. The maximum atomic E-state index is 12.0. The molecule has 0 rings (SSSR count). The molecule has 0 aromatic carbocycles. The molecular formula is C20H41N3O6. The molecule has 9 nitrogen and oxygen atoms in total. The monoisotopic (exact) mass is 419 g/mol. The quantitative estimate of drug-likeness (QED) is 0.191. The third kappa shape index (κ3) is 15.1. The molecule has 0 atom stereocenters. The van der Waals surface area contributed by atoms with Gasteiger partial charge in [0.2, 0.25) is 5.91 Å². The van der Waals surface area contributed by atoms with E-state index >= 15 is 0 Å². The Kier molecular flexibility index (Phi) is 18.9. The number of unbranched alkanes of at least 4 members (excludes halogenated alkanes) is 7. The fourth-order valence-corrected chi connectivity index (χ4v) is 3.09. The summed E-state index contributed by atoms with van der Waals surface area (Å²) in [6.45, 7) is 1.18. The molecule has 0 aromatic rings. The summed E-state index contributed by atoms with van der Waals surface area (Å²) in [5.74, 6) is -0.00769. The third-order valence-corrected chi connectivity index (χ3v) is 4.71. The second-order valence-electron chi connectivity index (χ2n) is 7.07. The van der Waals surface area contributed by atoms with Gasteiger partial charge in [-0.2, -0.15) is 0 Å². The Labute approximate surface area is 174 Å². The number of carbonyl (C=O) groups is 2. The van der Waals surface area contributed by atoms with E-state index in [9.17, 15) is 9.59 Å². The Morgan fingerprint density at radius 1 is 0.586 bits per heavy atom. The van der Waals surface area contributed by atoms with Crippen molar-refractivity contribution in [1.29, 1.82) is 0 Å². The lowest BCUT2D eigenvalue weighted by Gasteiger charge is -2.21. The van der Waals surface area contributed by atoms with Crippen molar-refractivity contribution in [1.82, 2.24) is 15.1 Å². The Morgan fingerprint density at radius 2 is 1.00 bits per heavy atom. The highest BCUT2D eigenvalue weighted by Crippen LogP contribution is 2.10. The number of aliphatic hydroxyl groups excluding tert-OH is 4. The first-order valence-corrected chi connectivity index (χ1v) is 10.8. The van der Waals surface area contributed by atoms with Crippen LogP contribution in [0.1, 0.15) is 57.8 Å². The molecule has 0 aromatic heterocycles. The molecule has 0 heterocycles. The van der Waals surface area contributed by atoms with E-state index in [2.05, 4.69) is 5.32 Å². The zero-order valence-corrected chi connectivity index (χ0v) is 17.7. The lowest BCUT2D eigenvalue weighted by atomic mass is 10.1. The van der Waals surface area contributed by atoms with Crippen molar-refractivity contribution in [3.8, 4) is 0 Å². The summed E-state index contributed by atoms with van der Waals surface area (Å²) in [5, 5.41) is 38.5. The zero-order chi connectivity index (χ0) is 21.7. The molecule has 29 heavy (non-hydrogen) atoms. The van der Waals surface area contributed by atoms with Gasteiger partial charge in [-0.15, -0.1) is 0 Å². The molecule has 0 fully saturated rings. The van der Waals surface area contributed by atoms with E-state index in [1.807, 2.05) is 0 Å². The predicted octanol–water partition coefficient (Wildman–Crippen LogP) is 0.307. The molecule has 0 saturated heterocycles. The zero-order valence-electron chi connectivity index (χ0n) is 17.7. The Bertz CT molecular complexity index is 364. The van der Waals surface area contributed by atoms with Gasteiger partial charge in [-0.1, -0.05) is 38.5 Å². The minimum absolute atomic E-state index is 0.00769. The topological polar surface area (TPSA) is 134 Å². The molecule has 172 valence electrons. The molecule has 5 N–H and O–H groups in total. The van der Waals surface area contributed by atoms with Crippen LogP contribution in [0.15, 0.2) is 0 Å². The molecule has 0 bridgehead atoms. The molecule has 0 aliphatic carbocycles. The van der Waals surface area contributed by atoms with Crippen molar-refractivity contribution >= 4 is 11.9 Å². The van der Waals surface area contributed by atoms with Crippen LogP contribution in [0.4, 0.5) is 4.79 Å². The smallest absolute Gasteiger partial charge is 0.317 e. The molecule has 0 aliphatic heterocycles. The Balaban J connectivity index is 3.57. The standard InChI is InChI=1S/C20H41N3O6/c24-15-11-22(12-16-25)19(28)9-7-5-3-1-2-4-6-8-10-21-20(29)23(13-17-26)14-18-27/h24-27H,1-18H2,(H,21,29). The van der Waals surface area contributed by atoms with E-state index < -0.39 is 0 Å². The van der Waals surface area contributed by atoms with Gasteiger partial charge >= 0.3 is 6.03 Å². The molecule has 0 aliphatic rings. The van der Waals surface area contributed by atoms with Gasteiger partial charge in [-0.3, -0.25) is 4.79 Å². The fourth-order valence-electron chi connectivity index (χ4n) is 3.09. The molecule has 9 heteroatoms. The van der Waals surface area contributed by atoms with E-state index in [1.54, 1.807) is 0 Å². The minimum atomic E-state index is -0.251. The van der Waals surface area contributed by atoms with Crippen LogP contribution in [0.2, 0.25) is 0 Å². The number of nitrogens with zero attached hydrogens (tertiary/aromatic N) is 2. The van der Waals surface area contributed by atoms with Crippen LogP contribution in [-0.2, 0) is 4.79 Å². The molecule has 0 unspecified atom stereocenters. The summed E-state index contributed by atoms with van der Waals surface area (Å²) < 4.78 is 0. The summed E-state index contributed by atoms with van der Waals surface area (Å²) >= 11 is 0. The average Bonchev–Trinajstić information content (AvgIpc) is 2.71. The summed E-state index contributed by atoms with van der Waals surface area (Å²) in [7, 11) is 0. The number of aliphatic hydroxyl groups is 4. The first kappa shape index (κ1) is 27.6. The van der Waals surface area contributed by atoms with Crippen LogP contribution in [0.3, 0.4) is 0 Å². The fraction of sp³-hybridized carbons (Fsp3) is 0.900. The highest BCUT2D eigenvalue weighted by atomic mass is 16.3. The van der Waals surface area contributed by atoms with E-state index in [-0.39, 0.29) is 64.5 Å². The lowest BCUT2D eigenvalue weighted by molar-refractivity contribution is -0.132. The molecular weight excluding hydrogens is 378 g/mol. The highest BCUT2D eigenvalue weighted by Gasteiger charge is 2.12. The van der Waals surface area contributed by atoms with Gasteiger partial charge in [0.05, 0.1) is 26.4 Å². The maximum absolute atomic E-state index is 12.0. The number of urea groups is 1. The lowest BCUT2D eigenvalue weighted by Crippen LogP contribution is -2.43. The van der Waals surface area contributed by atoms with Gasteiger partial charge < -0.3 is 35.5 Å². The number of hydrogen-bond acceptors (Lipinski definition) is 6.